The summed E-state index contributed by atoms with van der Waals surface area (Å²) in [6.07, 6.45) is 1.81. The van der Waals surface area contributed by atoms with E-state index >= 15 is 0 Å². The highest BCUT2D eigenvalue weighted by Gasteiger charge is 1.96. The van der Waals surface area contributed by atoms with Crippen LogP contribution in [-0.2, 0) is 0 Å². The fraction of sp³-hybridized carbons (Fsp3) is 0.222. The molecule has 3 heteroatoms. The smallest absolute Gasteiger partial charge is 0.128 e. The average molecular weight is 163 g/mol. The van der Waals surface area contributed by atoms with Crippen molar-refractivity contribution < 1.29 is 0 Å². The lowest BCUT2D eigenvalue weighted by Crippen LogP contribution is -2.12. The van der Waals surface area contributed by atoms with Gasteiger partial charge < -0.3 is 11.1 Å². The Morgan fingerprint density at radius 2 is 2.42 bits per heavy atom. The van der Waals surface area contributed by atoms with Gasteiger partial charge in [-0.2, -0.15) is 0 Å². The lowest BCUT2D eigenvalue weighted by molar-refractivity contribution is 0.985. The van der Waals surface area contributed by atoms with Crippen molar-refractivity contribution in [1.29, 1.82) is 0 Å². The normalized spacial score (nSPS) is 12.1. The fourth-order valence-electron chi connectivity index (χ4n) is 0.824. The van der Waals surface area contributed by atoms with Crippen LogP contribution in [0.2, 0.25) is 0 Å². The van der Waals surface area contributed by atoms with Crippen molar-refractivity contribution in [1.82, 2.24) is 4.98 Å². The third kappa shape index (κ3) is 2.27. The summed E-state index contributed by atoms with van der Waals surface area (Å²) in [6, 6.07) is 5.69. The number of nitrogens with zero attached hydrogens (tertiary/aromatic N) is 1. The van der Waals surface area contributed by atoms with Crippen LogP contribution < -0.4 is 11.1 Å². The molecule has 0 aliphatic heterocycles. The van der Waals surface area contributed by atoms with E-state index in [4.69, 9.17) is 5.73 Å². The molecule has 0 fully saturated rings. The average Bonchev–Trinajstić information content (AvgIpc) is 2.04. The van der Waals surface area contributed by atoms with Crippen molar-refractivity contribution in [2.75, 3.05) is 11.1 Å². The first kappa shape index (κ1) is 8.59. The van der Waals surface area contributed by atoms with Gasteiger partial charge in [0.2, 0.25) is 0 Å². The maximum Gasteiger partial charge on any atom is 0.128 e. The van der Waals surface area contributed by atoms with Crippen molar-refractivity contribution in [2.24, 2.45) is 0 Å². The molecular formula is C9H13N3. The van der Waals surface area contributed by atoms with E-state index in [1.165, 1.54) is 0 Å². The summed E-state index contributed by atoms with van der Waals surface area (Å²) in [7, 11) is 0. The molecule has 0 saturated carbocycles. The fourth-order valence-corrected chi connectivity index (χ4v) is 0.824. The molecule has 0 bridgehead atoms. The molecule has 0 aliphatic carbocycles. The Morgan fingerprint density at radius 3 is 3.00 bits per heavy atom. The Kier molecular flexibility index (Phi) is 2.69. The van der Waals surface area contributed by atoms with E-state index in [-0.39, 0.29) is 6.04 Å². The molecule has 0 saturated heterocycles. The zero-order valence-corrected chi connectivity index (χ0v) is 7.12. The van der Waals surface area contributed by atoms with E-state index in [9.17, 15) is 0 Å². The van der Waals surface area contributed by atoms with Gasteiger partial charge in [0.15, 0.2) is 0 Å². The van der Waals surface area contributed by atoms with Crippen molar-refractivity contribution in [3.8, 4) is 0 Å². The van der Waals surface area contributed by atoms with Crippen LogP contribution in [-0.4, -0.2) is 11.0 Å². The van der Waals surface area contributed by atoms with E-state index in [1.54, 1.807) is 6.07 Å². The standard InChI is InChI=1S/C9H13N3/c1-3-7(2)11-9-6-4-5-8(10)12-9/h3-7H,1H2,2H3,(H3,10,11,12). The van der Waals surface area contributed by atoms with Gasteiger partial charge in [-0.15, -0.1) is 6.58 Å². The van der Waals surface area contributed by atoms with Crippen LogP contribution in [0.5, 0.6) is 0 Å². The van der Waals surface area contributed by atoms with E-state index < -0.39 is 0 Å². The van der Waals surface area contributed by atoms with Gasteiger partial charge in [0.1, 0.15) is 11.6 Å². The molecule has 0 amide bonds. The minimum absolute atomic E-state index is 0.208. The van der Waals surface area contributed by atoms with Gasteiger partial charge in [-0.25, -0.2) is 4.98 Å². The predicted molar refractivity (Wildman–Crippen MR) is 51.9 cm³/mol. The summed E-state index contributed by atoms with van der Waals surface area (Å²) in [5, 5.41) is 3.12. The van der Waals surface area contributed by atoms with Crippen molar-refractivity contribution in [3.05, 3.63) is 30.9 Å². The molecule has 1 heterocycles. The highest BCUT2D eigenvalue weighted by Crippen LogP contribution is 2.06. The number of anilines is 2. The molecule has 64 valence electrons. The second-order valence-electron chi connectivity index (χ2n) is 2.62. The Balaban J connectivity index is 2.69. The van der Waals surface area contributed by atoms with Gasteiger partial charge in [0, 0.05) is 6.04 Å². The van der Waals surface area contributed by atoms with Gasteiger partial charge in [0.05, 0.1) is 0 Å². The minimum Gasteiger partial charge on any atom is -0.384 e. The van der Waals surface area contributed by atoms with E-state index in [1.807, 2.05) is 25.1 Å². The molecule has 1 aromatic heterocycles. The highest BCUT2D eigenvalue weighted by molar-refractivity contribution is 5.43. The first-order valence-corrected chi connectivity index (χ1v) is 3.84. The van der Waals surface area contributed by atoms with Crippen LogP contribution in [0.1, 0.15) is 6.92 Å². The second kappa shape index (κ2) is 3.76. The monoisotopic (exact) mass is 163 g/mol. The highest BCUT2D eigenvalue weighted by atomic mass is 15.0. The Morgan fingerprint density at radius 1 is 1.67 bits per heavy atom. The number of nitrogens with two attached hydrogens (primary N) is 1. The first-order chi connectivity index (χ1) is 5.72. The number of pyridine rings is 1. The van der Waals surface area contributed by atoms with Crippen molar-refractivity contribution in [2.45, 2.75) is 13.0 Å². The molecule has 1 rings (SSSR count). The van der Waals surface area contributed by atoms with E-state index in [0.29, 0.717) is 5.82 Å². The molecule has 1 atom stereocenters. The zero-order chi connectivity index (χ0) is 8.97. The number of nitrogens with one attached hydrogen (secondary N) is 1. The summed E-state index contributed by atoms with van der Waals surface area (Å²) in [5.41, 5.74) is 5.50. The first-order valence-electron chi connectivity index (χ1n) is 3.84. The maximum atomic E-state index is 5.50. The second-order valence-corrected chi connectivity index (χ2v) is 2.62. The van der Waals surface area contributed by atoms with E-state index in [2.05, 4.69) is 16.9 Å². The minimum atomic E-state index is 0.208. The van der Waals surface area contributed by atoms with Crippen molar-refractivity contribution in [3.63, 3.8) is 0 Å². The summed E-state index contributed by atoms with van der Waals surface area (Å²) in [4.78, 5) is 4.08. The predicted octanol–water partition coefficient (Wildman–Crippen LogP) is 1.65. The number of nitrogen functional groups attached to an aromatic ring is 1. The third-order valence-electron chi connectivity index (χ3n) is 1.50. The quantitative estimate of drug-likeness (QED) is 0.666. The van der Waals surface area contributed by atoms with E-state index in [0.717, 1.165) is 5.82 Å². The SMILES string of the molecule is C=CC(C)Nc1cccc(N)n1. The molecule has 0 spiro atoms. The molecule has 0 aliphatic rings. The molecule has 1 unspecified atom stereocenters. The summed E-state index contributed by atoms with van der Waals surface area (Å²) in [5.74, 6) is 1.30. The van der Waals surface area contributed by atoms with Crippen LogP contribution >= 0.6 is 0 Å². The zero-order valence-electron chi connectivity index (χ0n) is 7.12. The maximum absolute atomic E-state index is 5.50. The van der Waals surface area contributed by atoms with Crippen LogP contribution in [0.3, 0.4) is 0 Å². The Hall–Kier alpha value is -1.51. The van der Waals surface area contributed by atoms with Crippen LogP contribution in [0.25, 0.3) is 0 Å². The summed E-state index contributed by atoms with van der Waals surface area (Å²) < 4.78 is 0. The van der Waals surface area contributed by atoms with Gasteiger partial charge in [-0.3, -0.25) is 0 Å². The molecule has 1 aromatic rings. The lowest BCUT2D eigenvalue weighted by atomic mass is 10.3. The Labute approximate surface area is 72.3 Å². The number of hydrogen-bond donors (Lipinski definition) is 2. The molecule has 3 N–H and O–H groups in total. The molecule has 12 heavy (non-hydrogen) atoms. The van der Waals surface area contributed by atoms with Gasteiger partial charge in [0.25, 0.3) is 0 Å². The Bertz CT molecular complexity index is 270. The largest absolute Gasteiger partial charge is 0.384 e. The number of rotatable bonds is 3. The topological polar surface area (TPSA) is 50.9 Å². The van der Waals surface area contributed by atoms with Gasteiger partial charge in [-0.1, -0.05) is 12.1 Å². The summed E-state index contributed by atoms with van der Waals surface area (Å²) >= 11 is 0. The van der Waals surface area contributed by atoms with Crippen LogP contribution in [0.4, 0.5) is 11.6 Å². The van der Waals surface area contributed by atoms with Crippen molar-refractivity contribution >= 4 is 11.6 Å². The van der Waals surface area contributed by atoms with Crippen LogP contribution in [0.15, 0.2) is 30.9 Å². The molecule has 0 aromatic carbocycles. The van der Waals surface area contributed by atoms with Gasteiger partial charge >= 0.3 is 0 Å². The lowest BCUT2D eigenvalue weighted by Gasteiger charge is -2.09. The van der Waals surface area contributed by atoms with Crippen LogP contribution in [0, 0.1) is 0 Å². The van der Waals surface area contributed by atoms with Gasteiger partial charge in [-0.05, 0) is 19.1 Å². The molecule has 3 nitrogen and oxygen atoms in total. The molecule has 0 radical (unpaired) electrons. The number of hydrogen-bond acceptors (Lipinski definition) is 3. The molecular weight excluding hydrogens is 150 g/mol. The third-order valence-corrected chi connectivity index (χ3v) is 1.50. The summed E-state index contributed by atoms with van der Waals surface area (Å²) in [6.45, 7) is 5.66. The number of aromatic nitrogens is 1.